The highest BCUT2D eigenvalue weighted by molar-refractivity contribution is 5.98. The van der Waals surface area contributed by atoms with E-state index in [4.69, 9.17) is 10.9 Å². The molecule has 1 rings (SSSR count). The van der Waals surface area contributed by atoms with Gasteiger partial charge in [-0.2, -0.15) is 0 Å². The number of hydrogen-bond acceptors (Lipinski definition) is 5. The van der Waals surface area contributed by atoms with Crippen molar-refractivity contribution in [2.75, 3.05) is 13.6 Å². The molecule has 0 saturated heterocycles. The Morgan fingerprint density at radius 3 is 2.58 bits per heavy atom. The maximum atomic E-state index is 12.0. The first kappa shape index (κ1) is 14.9. The van der Waals surface area contributed by atoms with Crippen molar-refractivity contribution in [2.24, 2.45) is 10.9 Å². The molecule has 0 aromatic carbocycles. The highest BCUT2D eigenvalue weighted by Crippen LogP contribution is 2.08. The van der Waals surface area contributed by atoms with Crippen LogP contribution in [0.5, 0.6) is 0 Å². The van der Waals surface area contributed by atoms with Gasteiger partial charge in [-0.15, -0.1) is 0 Å². The number of amides is 1. The largest absolute Gasteiger partial charge is 0.409 e. The molecule has 0 fully saturated rings. The number of nitrogens with two attached hydrogens (primary N) is 1. The van der Waals surface area contributed by atoms with Crippen molar-refractivity contribution in [3.63, 3.8) is 0 Å². The minimum absolute atomic E-state index is 0.0728. The molecular weight excluding hydrogens is 248 g/mol. The zero-order valence-electron chi connectivity index (χ0n) is 11.2. The monoisotopic (exact) mass is 266 g/mol. The number of amidine groups is 1. The van der Waals surface area contributed by atoms with Crippen LogP contribution in [0.15, 0.2) is 23.5 Å². The number of likely N-dealkylation sites (N-methyl/N-ethyl adjacent to an activating group) is 1. The van der Waals surface area contributed by atoms with Gasteiger partial charge in [0, 0.05) is 25.4 Å². The van der Waals surface area contributed by atoms with Crippen LogP contribution in [0.3, 0.4) is 0 Å². The topological polar surface area (TPSA) is 112 Å². The molecule has 1 amide bonds. The molecule has 19 heavy (non-hydrogen) atoms. The molecule has 0 radical (unpaired) electrons. The first-order valence-corrected chi connectivity index (χ1v) is 5.66. The maximum Gasteiger partial charge on any atom is 0.272 e. The van der Waals surface area contributed by atoms with Crippen molar-refractivity contribution in [3.8, 4) is 0 Å². The van der Waals surface area contributed by atoms with Crippen LogP contribution in [0.2, 0.25) is 0 Å². The first-order chi connectivity index (χ1) is 8.74. The number of hydrogen-bond donors (Lipinski definition) is 3. The van der Waals surface area contributed by atoms with E-state index in [2.05, 4.69) is 10.1 Å². The zero-order valence-corrected chi connectivity index (χ0v) is 11.2. The molecule has 0 saturated carbocycles. The van der Waals surface area contributed by atoms with Gasteiger partial charge in [0.15, 0.2) is 5.84 Å². The lowest BCUT2D eigenvalue weighted by Crippen LogP contribution is -2.40. The van der Waals surface area contributed by atoms with E-state index in [1.807, 2.05) is 0 Å². The summed E-state index contributed by atoms with van der Waals surface area (Å²) in [4.78, 5) is 17.3. The first-order valence-electron chi connectivity index (χ1n) is 5.66. The molecule has 7 heteroatoms. The van der Waals surface area contributed by atoms with Crippen molar-refractivity contribution >= 4 is 11.7 Å². The van der Waals surface area contributed by atoms with E-state index in [-0.39, 0.29) is 24.0 Å². The Hall–Kier alpha value is -2.15. The molecule has 0 aliphatic heterocycles. The lowest BCUT2D eigenvalue weighted by Gasteiger charge is -2.25. The number of carbonyl (C=O) groups excluding carboxylic acids is 1. The van der Waals surface area contributed by atoms with E-state index in [9.17, 15) is 9.90 Å². The minimum Gasteiger partial charge on any atom is -0.409 e. The second kappa shape index (κ2) is 5.66. The van der Waals surface area contributed by atoms with Gasteiger partial charge < -0.3 is 20.9 Å². The molecule has 104 valence electrons. The third-order valence-corrected chi connectivity index (χ3v) is 2.36. The number of aliphatic hydroxyl groups is 1. The van der Waals surface area contributed by atoms with Crippen LogP contribution < -0.4 is 5.73 Å². The second-order valence-corrected chi connectivity index (χ2v) is 4.89. The van der Waals surface area contributed by atoms with Crippen LogP contribution in [-0.4, -0.2) is 51.1 Å². The van der Waals surface area contributed by atoms with Gasteiger partial charge in [-0.25, -0.2) is 0 Å². The van der Waals surface area contributed by atoms with Gasteiger partial charge in [-0.05, 0) is 26.0 Å². The van der Waals surface area contributed by atoms with E-state index < -0.39 is 5.60 Å². The smallest absolute Gasteiger partial charge is 0.272 e. The molecular formula is C12H18N4O3. The van der Waals surface area contributed by atoms with Gasteiger partial charge in [0.2, 0.25) is 0 Å². The van der Waals surface area contributed by atoms with E-state index in [0.717, 1.165) is 0 Å². The van der Waals surface area contributed by atoms with Gasteiger partial charge in [0.05, 0.1) is 5.60 Å². The third-order valence-electron chi connectivity index (χ3n) is 2.36. The number of carbonyl (C=O) groups is 1. The molecule has 1 aromatic rings. The normalized spacial score (nSPS) is 12.3. The van der Waals surface area contributed by atoms with E-state index in [1.165, 1.54) is 23.2 Å². The van der Waals surface area contributed by atoms with E-state index in [1.54, 1.807) is 20.9 Å². The molecule has 0 aliphatic rings. The standard InChI is InChI=1S/C12H18N4O3/c1-12(2,18)7-16(3)11(17)9-5-4-8(6-14-9)10(13)15-19/h4-6,18-19H,7H2,1-3H3,(H2,13,15). The van der Waals surface area contributed by atoms with Crippen LogP contribution in [0.1, 0.15) is 29.9 Å². The summed E-state index contributed by atoms with van der Waals surface area (Å²) < 4.78 is 0. The Kier molecular flexibility index (Phi) is 4.44. The zero-order chi connectivity index (χ0) is 14.6. The molecule has 0 bridgehead atoms. The fourth-order valence-electron chi connectivity index (χ4n) is 1.58. The quantitative estimate of drug-likeness (QED) is 0.308. The molecule has 1 heterocycles. The second-order valence-electron chi connectivity index (χ2n) is 4.89. The van der Waals surface area contributed by atoms with Crippen LogP contribution in [0.25, 0.3) is 0 Å². The number of aromatic nitrogens is 1. The number of oxime groups is 1. The summed E-state index contributed by atoms with van der Waals surface area (Å²) in [5, 5.41) is 21.0. The van der Waals surface area contributed by atoms with E-state index in [0.29, 0.717) is 5.56 Å². The summed E-state index contributed by atoms with van der Waals surface area (Å²) in [7, 11) is 1.58. The molecule has 0 aliphatic carbocycles. The molecule has 1 aromatic heterocycles. The fourth-order valence-corrected chi connectivity index (χ4v) is 1.58. The minimum atomic E-state index is -0.974. The number of pyridine rings is 1. The fraction of sp³-hybridized carbons (Fsp3) is 0.417. The van der Waals surface area contributed by atoms with Gasteiger partial charge >= 0.3 is 0 Å². The maximum absolute atomic E-state index is 12.0. The van der Waals surface area contributed by atoms with Gasteiger partial charge in [-0.3, -0.25) is 9.78 Å². The Morgan fingerprint density at radius 1 is 1.53 bits per heavy atom. The molecule has 0 spiro atoms. The van der Waals surface area contributed by atoms with Crippen molar-refractivity contribution in [1.29, 1.82) is 0 Å². The van der Waals surface area contributed by atoms with Gasteiger partial charge in [-0.1, -0.05) is 5.16 Å². The third kappa shape index (κ3) is 4.22. The summed E-state index contributed by atoms with van der Waals surface area (Å²) in [5.41, 5.74) is 5.07. The van der Waals surface area contributed by atoms with Gasteiger partial charge in [0.1, 0.15) is 5.69 Å². The number of rotatable bonds is 4. The summed E-state index contributed by atoms with van der Waals surface area (Å²) in [6.45, 7) is 3.42. The molecule has 0 unspecified atom stereocenters. The van der Waals surface area contributed by atoms with Crippen LogP contribution in [0, 0.1) is 0 Å². The summed E-state index contributed by atoms with van der Waals surface area (Å²) in [6.07, 6.45) is 1.35. The lowest BCUT2D eigenvalue weighted by atomic mass is 10.1. The average molecular weight is 266 g/mol. The lowest BCUT2D eigenvalue weighted by molar-refractivity contribution is 0.0365. The van der Waals surface area contributed by atoms with Crippen molar-refractivity contribution in [2.45, 2.75) is 19.4 Å². The molecule has 4 N–H and O–H groups in total. The Balaban J connectivity index is 2.84. The SMILES string of the molecule is CN(CC(C)(C)O)C(=O)c1ccc(C(N)=NO)cn1. The van der Waals surface area contributed by atoms with Crippen molar-refractivity contribution in [1.82, 2.24) is 9.88 Å². The van der Waals surface area contributed by atoms with Crippen molar-refractivity contribution in [3.05, 3.63) is 29.6 Å². The Morgan fingerprint density at radius 2 is 2.16 bits per heavy atom. The van der Waals surface area contributed by atoms with Gasteiger partial charge in [0.25, 0.3) is 5.91 Å². The molecule has 7 nitrogen and oxygen atoms in total. The summed E-state index contributed by atoms with van der Waals surface area (Å²) in [6, 6.07) is 3.02. The van der Waals surface area contributed by atoms with Crippen molar-refractivity contribution < 1.29 is 15.1 Å². The molecule has 0 atom stereocenters. The number of nitrogens with zero attached hydrogens (tertiary/aromatic N) is 3. The van der Waals surface area contributed by atoms with Crippen LogP contribution in [-0.2, 0) is 0 Å². The summed E-state index contributed by atoms with van der Waals surface area (Å²) >= 11 is 0. The Labute approximate surface area is 111 Å². The predicted octanol–water partition coefficient (Wildman–Crippen LogP) is 0.0190. The average Bonchev–Trinajstić information content (AvgIpc) is 2.35. The van der Waals surface area contributed by atoms with E-state index >= 15 is 0 Å². The van der Waals surface area contributed by atoms with Crippen LogP contribution >= 0.6 is 0 Å². The Bertz CT molecular complexity index is 477. The highest BCUT2D eigenvalue weighted by Gasteiger charge is 2.21. The summed E-state index contributed by atoms with van der Waals surface area (Å²) in [5.74, 6) is -0.385. The predicted molar refractivity (Wildman–Crippen MR) is 70.0 cm³/mol. The highest BCUT2D eigenvalue weighted by atomic mass is 16.4. The van der Waals surface area contributed by atoms with Crippen LogP contribution in [0.4, 0.5) is 0 Å².